The summed E-state index contributed by atoms with van der Waals surface area (Å²) in [6, 6.07) is 10.1. The van der Waals surface area contributed by atoms with Gasteiger partial charge in [0, 0.05) is 16.9 Å². The van der Waals surface area contributed by atoms with Gasteiger partial charge in [-0.2, -0.15) is 0 Å². The first-order valence-corrected chi connectivity index (χ1v) is 10.4. The number of imide groups is 1. The molecule has 1 aliphatic carbocycles. The van der Waals surface area contributed by atoms with E-state index in [0.717, 1.165) is 17.7 Å². The summed E-state index contributed by atoms with van der Waals surface area (Å²) in [6.45, 7) is 1.49. The molecule has 0 bridgehead atoms. The van der Waals surface area contributed by atoms with Crippen LogP contribution in [0.2, 0.25) is 0 Å². The van der Waals surface area contributed by atoms with Gasteiger partial charge in [0.05, 0.1) is 0 Å². The van der Waals surface area contributed by atoms with Crippen LogP contribution >= 0.6 is 0 Å². The predicted octanol–water partition coefficient (Wildman–Crippen LogP) is 3.27. The first kappa shape index (κ1) is 21.5. The fourth-order valence-corrected chi connectivity index (χ4v) is 4.18. The number of halogens is 1. The van der Waals surface area contributed by atoms with Crippen LogP contribution in [0.25, 0.3) is 0 Å². The lowest BCUT2D eigenvalue weighted by atomic mass is 9.97. The smallest absolute Gasteiger partial charge is 0.324 e. The highest BCUT2D eigenvalue weighted by Crippen LogP contribution is 2.35. The van der Waals surface area contributed by atoms with E-state index in [1.807, 2.05) is 0 Å². The molecule has 1 saturated carbocycles. The molecule has 32 heavy (non-hydrogen) atoms. The van der Waals surface area contributed by atoms with Gasteiger partial charge in [-0.05, 0) is 56.2 Å². The summed E-state index contributed by atoms with van der Waals surface area (Å²) in [4.78, 5) is 51.5. The van der Waals surface area contributed by atoms with E-state index in [-0.39, 0.29) is 11.5 Å². The highest BCUT2D eigenvalue weighted by atomic mass is 19.1. The molecule has 1 atom stereocenters. The maximum absolute atomic E-state index is 13.3. The Balaban J connectivity index is 1.44. The number of nitrogens with one attached hydrogen (secondary N) is 3. The standard InChI is InChI=1S/C23H23FN4O4/c1-14(28-21(31)23(27-22(28)32)10-2-3-11-23)19(29)25-17-8-4-6-15(12-17)20(30)26-18-9-5-7-16(24)13-18/h4-9,12-14H,2-3,10-11H2,1H3,(H,25,29)(H,26,30)(H,27,32). The van der Waals surface area contributed by atoms with Crippen molar-refractivity contribution in [2.24, 2.45) is 0 Å². The molecule has 1 unspecified atom stereocenters. The second kappa shape index (κ2) is 8.41. The third-order valence-electron chi connectivity index (χ3n) is 5.89. The molecule has 5 amide bonds. The summed E-state index contributed by atoms with van der Waals surface area (Å²) in [6.07, 6.45) is 2.85. The van der Waals surface area contributed by atoms with Crippen molar-refractivity contribution in [3.05, 3.63) is 59.9 Å². The van der Waals surface area contributed by atoms with Crippen LogP contribution in [0.15, 0.2) is 48.5 Å². The van der Waals surface area contributed by atoms with E-state index >= 15 is 0 Å². The number of carbonyl (C=O) groups is 4. The number of carbonyl (C=O) groups excluding carboxylic acids is 4. The lowest BCUT2D eigenvalue weighted by Gasteiger charge is -2.23. The van der Waals surface area contributed by atoms with E-state index in [1.54, 1.807) is 24.3 Å². The van der Waals surface area contributed by atoms with Crippen LogP contribution in [-0.4, -0.2) is 40.2 Å². The molecule has 0 radical (unpaired) electrons. The van der Waals surface area contributed by atoms with Gasteiger partial charge in [0.1, 0.15) is 17.4 Å². The summed E-state index contributed by atoms with van der Waals surface area (Å²) < 4.78 is 13.3. The summed E-state index contributed by atoms with van der Waals surface area (Å²) in [5, 5.41) is 8.00. The highest BCUT2D eigenvalue weighted by Gasteiger charge is 2.54. The zero-order chi connectivity index (χ0) is 22.9. The number of hydrogen-bond acceptors (Lipinski definition) is 4. The molecular formula is C23H23FN4O4. The molecule has 9 heteroatoms. The summed E-state index contributed by atoms with van der Waals surface area (Å²) in [5.74, 6) is -1.87. The lowest BCUT2D eigenvalue weighted by Crippen LogP contribution is -2.48. The topological polar surface area (TPSA) is 108 Å². The molecule has 2 aromatic carbocycles. The normalized spacial score (nSPS) is 17.9. The lowest BCUT2D eigenvalue weighted by molar-refractivity contribution is -0.136. The Morgan fingerprint density at radius 2 is 1.69 bits per heavy atom. The zero-order valence-corrected chi connectivity index (χ0v) is 17.5. The van der Waals surface area contributed by atoms with Crippen LogP contribution in [0, 0.1) is 5.82 Å². The van der Waals surface area contributed by atoms with Crippen LogP contribution in [0.4, 0.5) is 20.6 Å². The van der Waals surface area contributed by atoms with E-state index in [4.69, 9.17) is 0 Å². The molecule has 1 saturated heterocycles. The first-order chi connectivity index (χ1) is 15.3. The molecule has 0 aromatic heterocycles. The molecule has 1 heterocycles. The van der Waals surface area contributed by atoms with Crippen LogP contribution in [0.5, 0.6) is 0 Å². The van der Waals surface area contributed by atoms with Gasteiger partial charge >= 0.3 is 6.03 Å². The monoisotopic (exact) mass is 438 g/mol. The van der Waals surface area contributed by atoms with Gasteiger partial charge in [-0.25, -0.2) is 14.1 Å². The van der Waals surface area contributed by atoms with Crippen LogP contribution in [-0.2, 0) is 9.59 Å². The zero-order valence-electron chi connectivity index (χ0n) is 17.5. The minimum Gasteiger partial charge on any atom is -0.324 e. The van der Waals surface area contributed by atoms with Crippen molar-refractivity contribution in [1.29, 1.82) is 0 Å². The Morgan fingerprint density at radius 3 is 2.38 bits per heavy atom. The van der Waals surface area contributed by atoms with Gasteiger partial charge in [-0.15, -0.1) is 0 Å². The minimum atomic E-state index is -1.02. The van der Waals surface area contributed by atoms with Gasteiger partial charge in [-0.3, -0.25) is 14.4 Å². The summed E-state index contributed by atoms with van der Waals surface area (Å²) >= 11 is 0. The Labute approximate surface area is 184 Å². The number of benzene rings is 2. The SMILES string of the molecule is CC(C(=O)Nc1cccc(C(=O)Nc2cccc(F)c2)c1)N1C(=O)NC2(CCCC2)C1=O. The van der Waals surface area contributed by atoms with Crippen LogP contribution in [0.3, 0.4) is 0 Å². The molecule has 1 spiro atoms. The molecule has 2 aromatic rings. The highest BCUT2D eigenvalue weighted by molar-refractivity contribution is 6.11. The predicted molar refractivity (Wildman–Crippen MR) is 115 cm³/mol. The maximum Gasteiger partial charge on any atom is 0.325 e. The second-order valence-electron chi connectivity index (χ2n) is 8.11. The third kappa shape index (κ3) is 4.05. The Hall–Kier alpha value is -3.75. The van der Waals surface area contributed by atoms with Gasteiger partial charge in [0.25, 0.3) is 11.8 Å². The number of hydrogen-bond donors (Lipinski definition) is 3. The Bertz CT molecular complexity index is 1100. The summed E-state index contributed by atoms with van der Waals surface area (Å²) in [5.41, 5.74) is -0.00553. The third-order valence-corrected chi connectivity index (χ3v) is 5.89. The number of amides is 5. The fraction of sp³-hybridized carbons (Fsp3) is 0.304. The van der Waals surface area contributed by atoms with Crippen molar-refractivity contribution in [1.82, 2.24) is 10.2 Å². The van der Waals surface area contributed by atoms with E-state index < -0.39 is 35.2 Å². The summed E-state index contributed by atoms with van der Waals surface area (Å²) in [7, 11) is 0. The molecule has 3 N–H and O–H groups in total. The molecule has 2 fully saturated rings. The Morgan fingerprint density at radius 1 is 1.03 bits per heavy atom. The molecule has 166 valence electrons. The Kier molecular flexibility index (Phi) is 5.65. The van der Waals surface area contributed by atoms with Crippen molar-refractivity contribution in [2.75, 3.05) is 10.6 Å². The number of anilines is 2. The van der Waals surface area contributed by atoms with Crippen LogP contribution in [0.1, 0.15) is 43.0 Å². The number of urea groups is 1. The fourth-order valence-electron chi connectivity index (χ4n) is 4.18. The van der Waals surface area contributed by atoms with E-state index in [2.05, 4.69) is 16.0 Å². The van der Waals surface area contributed by atoms with Crippen molar-refractivity contribution in [3.8, 4) is 0 Å². The van der Waals surface area contributed by atoms with E-state index in [1.165, 1.54) is 31.2 Å². The molecule has 8 nitrogen and oxygen atoms in total. The van der Waals surface area contributed by atoms with E-state index in [9.17, 15) is 23.6 Å². The largest absolute Gasteiger partial charge is 0.325 e. The van der Waals surface area contributed by atoms with Crippen molar-refractivity contribution >= 4 is 35.1 Å². The second-order valence-corrected chi connectivity index (χ2v) is 8.11. The number of nitrogens with zero attached hydrogens (tertiary/aromatic N) is 1. The molecule has 1 aliphatic heterocycles. The van der Waals surface area contributed by atoms with Gasteiger partial charge in [-0.1, -0.05) is 25.0 Å². The van der Waals surface area contributed by atoms with Crippen molar-refractivity contribution < 1.29 is 23.6 Å². The van der Waals surface area contributed by atoms with Gasteiger partial charge in [0.2, 0.25) is 5.91 Å². The first-order valence-electron chi connectivity index (χ1n) is 10.4. The average molecular weight is 438 g/mol. The van der Waals surface area contributed by atoms with E-state index in [0.29, 0.717) is 24.2 Å². The van der Waals surface area contributed by atoms with Gasteiger partial charge in [0.15, 0.2) is 0 Å². The van der Waals surface area contributed by atoms with Crippen LogP contribution < -0.4 is 16.0 Å². The average Bonchev–Trinajstić information content (AvgIpc) is 3.32. The molecular weight excluding hydrogens is 415 g/mol. The molecule has 2 aliphatic rings. The number of rotatable bonds is 5. The minimum absolute atomic E-state index is 0.250. The molecule has 4 rings (SSSR count). The van der Waals surface area contributed by atoms with Crippen molar-refractivity contribution in [2.45, 2.75) is 44.2 Å². The van der Waals surface area contributed by atoms with Gasteiger partial charge < -0.3 is 16.0 Å². The van der Waals surface area contributed by atoms with Crippen molar-refractivity contribution in [3.63, 3.8) is 0 Å². The quantitative estimate of drug-likeness (QED) is 0.623. The maximum atomic E-state index is 13.3.